The van der Waals surface area contributed by atoms with Crippen molar-refractivity contribution < 1.29 is 14.4 Å². The van der Waals surface area contributed by atoms with Crippen molar-refractivity contribution in [1.29, 1.82) is 0 Å². The molecule has 5 nitrogen and oxygen atoms in total. The van der Waals surface area contributed by atoms with E-state index in [9.17, 15) is 14.4 Å². The number of benzene rings is 1. The van der Waals surface area contributed by atoms with Crippen LogP contribution in [0.15, 0.2) is 18.2 Å². The van der Waals surface area contributed by atoms with E-state index in [0.29, 0.717) is 42.9 Å². The Bertz CT molecular complexity index is 576. The quantitative estimate of drug-likeness (QED) is 0.451. The number of rotatable bonds is 5. The lowest BCUT2D eigenvalue weighted by Gasteiger charge is -2.13. The maximum Gasteiger partial charge on any atom is 0.251 e. The molecule has 7 heteroatoms. The van der Waals surface area contributed by atoms with Gasteiger partial charge in [0.05, 0.1) is 5.02 Å². The molecule has 1 heterocycles. The Morgan fingerprint density at radius 1 is 1.29 bits per heavy atom. The Balaban J connectivity index is 1.78. The van der Waals surface area contributed by atoms with E-state index < -0.39 is 0 Å². The van der Waals surface area contributed by atoms with E-state index in [2.05, 4.69) is 27.9 Å². The number of hydrogen-bond acceptors (Lipinski definition) is 3. The SMILES string of the molecule is O=C(NCCCN1C(=O)CCC1=O)c1ccc(Cl)c(I)c1. The number of carbonyl (C=O) groups is 3. The molecular weight excluding hydrogens is 407 g/mol. The maximum atomic E-state index is 11.9. The molecule has 0 radical (unpaired) electrons. The molecule has 21 heavy (non-hydrogen) atoms. The van der Waals surface area contributed by atoms with Crippen LogP contribution in [-0.4, -0.2) is 35.7 Å². The molecule has 1 aromatic rings. The van der Waals surface area contributed by atoms with Gasteiger partial charge in [-0.05, 0) is 47.2 Å². The number of likely N-dealkylation sites (tertiary alicyclic amines) is 1. The summed E-state index contributed by atoms with van der Waals surface area (Å²) in [6, 6.07) is 5.05. The number of halogens is 2. The summed E-state index contributed by atoms with van der Waals surface area (Å²) in [5.74, 6) is -0.444. The van der Waals surface area contributed by atoms with E-state index in [-0.39, 0.29) is 17.7 Å². The van der Waals surface area contributed by atoms with Crippen LogP contribution in [-0.2, 0) is 9.59 Å². The normalized spacial score (nSPS) is 14.7. The van der Waals surface area contributed by atoms with Crippen LogP contribution < -0.4 is 5.32 Å². The van der Waals surface area contributed by atoms with Crippen LogP contribution in [0.4, 0.5) is 0 Å². The predicted molar refractivity (Wildman–Crippen MR) is 87.1 cm³/mol. The van der Waals surface area contributed by atoms with E-state index in [1.165, 1.54) is 4.90 Å². The smallest absolute Gasteiger partial charge is 0.251 e. The molecule has 0 bridgehead atoms. The van der Waals surface area contributed by atoms with Crippen molar-refractivity contribution in [3.8, 4) is 0 Å². The van der Waals surface area contributed by atoms with E-state index in [1.807, 2.05) is 0 Å². The van der Waals surface area contributed by atoms with Crippen molar-refractivity contribution in [1.82, 2.24) is 10.2 Å². The molecule has 0 spiro atoms. The summed E-state index contributed by atoms with van der Waals surface area (Å²) in [5.41, 5.74) is 0.539. The standard InChI is InChI=1S/C14H14ClIN2O3/c15-10-3-2-9(8-11(10)16)14(21)17-6-1-7-18-12(19)4-5-13(18)20/h2-3,8H,1,4-7H2,(H,17,21). The molecule has 0 unspecified atom stereocenters. The lowest BCUT2D eigenvalue weighted by Crippen LogP contribution is -2.33. The Hall–Kier alpha value is -1.15. The zero-order valence-corrected chi connectivity index (χ0v) is 14.1. The number of carbonyl (C=O) groups excluding carboxylic acids is 3. The molecule has 1 aromatic carbocycles. The third kappa shape index (κ3) is 4.16. The molecular formula is C14H14ClIN2O3. The average Bonchev–Trinajstić information content (AvgIpc) is 2.77. The molecule has 1 saturated heterocycles. The average molecular weight is 421 g/mol. The van der Waals surface area contributed by atoms with E-state index in [0.717, 1.165) is 3.57 Å². The van der Waals surface area contributed by atoms with Gasteiger partial charge >= 0.3 is 0 Å². The van der Waals surface area contributed by atoms with Crippen molar-refractivity contribution in [3.63, 3.8) is 0 Å². The second kappa shape index (κ2) is 7.22. The molecule has 1 N–H and O–H groups in total. The van der Waals surface area contributed by atoms with E-state index in [1.54, 1.807) is 18.2 Å². The highest BCUT2D eigenvalue weighted by Gasteiger charge is 2.27. The minimum Gasteiger partial charge on any atom is -0.352 e. The molecule has 2 rings (SSSR count). The van der Waals surface area contributed by atoms with Crippen molar-refractivity contribution in [3.05, 3.63) is 32.4 Å². The second-order valence-electron chi connectivity index (χ2n) is 4.68. The van der Waals surface area contributed by atoms with Gasteiger partial charge in [0.1, 0.15) is 0 Å². The van der Waals surface area contributed by atoms with Crippen LogP contribution in [0.1, 0.15) is 29.6 Å². The summed E-state index contributed by atoms with van der Waals surface area (Å²) in [4.78, 5) is 36.0. The Morgan fingerprint density at radius 3 is 2.57 bits per heavy atom. The van der Waals surface area contributed by atoms with Crippen molar-refractivity contribution in [2.45, 2.75) is 19.3 Å². The van der Waals surface area contributed by atoms with Crippen LogP contribution in [0.5, 0.6) is 0 Å². The molecule has 0 atom stereocenters. The second-order valence-corrected chi connectivity index (χ2v) is 6.25. The fourth-order valence-corrected chi connectivity index (χ4v) is 2.68. The summed E-state index contributed by atoms with van der Waals surface area (Å²) < 4.78 is 0.815. The Kier molecular flexibility index (Phi) is 5.58. The number of nitrogens with zero attached hydrogens (tertiary/aromatic N) is 1. The van der Waals surface area contributed by atoms with Crippen LogP contribution >= 0.6 is 34.2 Å². The molecule has 0 aromatic heterocycles. The van der Waals surface area contributed by atoms with Crippen molar-refractivity contribution in [2.24, 2.45) is 0 Å². The molecule has 0 aliphatic carbocycles. The van der Waals surface area contributed by atoms with Crippen molar-refractivity contribution in [2.75, 3.05) is 13.1 Å². The van der Waals surface area contributed by atoms with Gasteiger partial charge in [0.25, 0.3) is 5.91 Å². The van der Waals surface area contributed by atoms with Gasteiger partial charge in [-0.3, -0.25) is 19.3 Å². The topological polar surface area (TPSA) is 66.5 Å². The largest absolute Gasteiger partial charge is 0.352 e. The summed E-state index contributed by atoms with van der Waals surface area (Å²) >= 11 is 7.97. The zero-order chi connectivity index (χ0) is 15.4. The molecule has 1 aliphatic rings. The molecule has 3 amide bonds. The highest BCUT2D eigenvalue weighted by atomic mass is 127. The zero-order valence-electron chi connectivity index (χ0n) is 11.2. The van der Waals surface area contributed by atoms with Crippen LogP contribution in [0.3, 0.4) is 0 Å². The summed E-state index contributed by atoms with van der Waals surface area (Å²) in [6.07, 6.45) is 1.15. The number of amides is 3. The fraction of sp³-hybridized carbons (Fsp3) is 0.357. The van der Waals surface area contributed by atoms with Crippen molar-refractivity contribution >= 4 is 51.9 Å². The number of hydrogen-bond donors (Lipinski definition) is 1. The molecule has 112 valence electrons. The highest BCUT2D eigenvalue weighted by Crippen LogP contribution is 2.19. The summed E-state index contributed by atoms with van der Waals surface area (Å²) in [7, 11) is 0. The predicted octanol–water partition coefficient (Wildman–Crippen LogP) is 2.21. The van der Waals surface area contributed by atoms with E-state index >= 15 is 0 Å². The van der Waals surface area contributed by atoms with Gasteiger partial charge in [0.15, 0.2) is 0 Å². The Labute approximate surface area is 141 Å². The number of nitrogens with one attached hydrogen (secondary N) is 1. The van der Waals surface area contributed by atoms with Crippen LogP contribution in [0.2, 0.25) is 5.02 Å². The molecule has 0 saturated carbocycles. The third-order valence-corrected chi connectivity index (χ3v) is 4.72. The van der Waals surface area contributed by atoms with E-state index in [4.69, 9.17) is 11.6 Å². The van der Waals surface area contributed by atoms with Gasteiger partial charge in [-0.1, -0.05) is 11.6 Å². The summed E-state index contributed by atoms with van der Waals surface area (Å²) in [6.45, 7) is 0.769. The third-order valence-electron chi connectivity index (χ3n) is 3.18. The first-order valence-electron chi connectivity index (χ1n) is 6.55. The van der Waals surface area contributed by atoms with Crippen LogP contribution in [0.25, 0.3) is 0 Å². The summed E-state index contributed by atoms with van der Waals surface area (Å²) in [5, 5.41) is 3.37. The van der Waals surface area contributed by atoms with Crippen LogP contribution in [0, 0.1) is 3.57 Å². The first-order chi connectivity index (χ1) is 9.99. The van der Waals surface area contributed by atoms with Gasteiger partial charge in [-0.25, -0.2) is 0 Å². The monoisotopic (exact) mass is 420 g/mol. The Morgan fingerprint density at radius 2 is 1.95 bits per heavy atom. The van der Waals surface area contributed by atoms with Gasteiger partial charge in [-0.2, -0.15) is 0 Å². The fourth-order valence-electron chi connectivity index (χ4n) is 2.05. The number of imide groups is 1. The highest BCUT2D eigenvalue weighted by molar-refractivity contribution is 14.1. The first kappa shape index (κ1) is 16.2. The van der Waals surface area contributed by atoms with Gasteiger partial charge in [0.2, 0.25) is 11.8 Å². The molecule has 1 fully saturated rings. The molecule has 1 aliphatic heterocycles. The lowest BCUT2D eigenvalue weighted by molar-refractivity contribution is -0.138. The first-order valence-corrected chi connectivity index (χ1v) is 8.01. The van der Waals surface area contributed by atoms with Gasteiger partial charge < -0.3 is 5.32 Å². The minimum atomic E-state index is -0.191. The maximum absolute atomic E-state index is 11.9. The lowest BCUT2D eigenvalue weighted by atomic mass is 10.2. The minimum absolute atomic E-state index is 0.126. The van der Waals surface area contributed by atoms with Gasteiger partial charge in [-0.15, -0.1) is 0 Å². The van der Waals surface area contributed by atoms with Gasteiger partial charge in [0, 0.05) is 35.1 Å².